The number of benzene rings is 2. The van der Waals surface area contributed by atoms with Gasteiger partial charge in [0.1, 0.15) is 0 Å². The molecule has 0 bridgehead atoms. The fourth-order valence-electron chi connectivity index (χ4n) is 2.37. The van der Waals surface area contributed by atoms with Crippen LogP contribution in [0.15, 0.2) is 47.3 Å². The first kappa shape index (κ1) is 14.7. The summed E-state index contributed by atoms with van der Waals surface area (Å²) in [6.07, 6.45) is 0. The van der Waals surface area contributed by atoms with Gasteiger partial charge in [-0.05, 0) is 44.2 Å². The molecule has 1 amide bonds. The summed E-state index contributed by atoms with van der Waals surface area (Å²) in [5.74, 6) is -0.0607. The summed E-state index contributed by atoms with van der Waals surface area (Å²) in [5.41, 5.74) is 0.550. The highest BCUT2D eigenvalue weighted by Crippen LogP contribution is 2.25. The Labute approximate surface area is 132 Å². The highest BCUT2D eigenvalue weighted by Gasteiger charge is 2.16. The number of amides is 1. The molecule has 0 fully saturated rings. The van der Waals surface area contributed by atoms with Gasteiger partial charge in [-0.2, -0.15) is 0 Å². The molecule has 1 aromatic heterocycles. The molecule has 0 saturated carbocycles. The van der Waals surface area contributed by atoms with Crippen LogP contribution in [0.5, 0.6) is 0 Å². The minimum Gasteiger partial charge on any atom is -0.339 e. The van der Waals surface area contributed by atoms with Crippen molar-refractivity contribution in [1.29, 1.82) is 0 Å². The summed E-state index contributed by atoms with van der Waals surface area (Å²) in [5, 5.41) is 1.33. The molecule has 22 heavy (non-hydrogen) atoms. The second-order valence-corrected chi connectivity index (χ2v) is 6.73. The van der Waals surface area contributed by atoms with E-state index >= 15 is 0 Å². The molecule has 112 valence electrons. The highest BCUT2D eigenvalue weighted by atomic mass is 32.1. The predicted molar refractivity (Wildman–Crippen MR) is 92.8 cm³/mol. The normalized spacial score (nSPS) is 11.3. The van der Waals surface area contributed by atoms with Gasteiger partial charge < -0.3 is 4.90 Å². The van der Waals surface area contributed by atoms with E-state index in [1.165, 1.54) is 0 Å². The van der Waals surface area contributed by atoms with E-state index < -0.39 is 0 Å². The molecular formula is C18H17NO2S. The van der Waals surface area contributed by atoms with Crippen LogP contribution >= 0.6 is 11.3 Å². The standard InChI is InChI=1S/C18H17NO2S/c1-11(2)19(3)18(21)12-8-9-16-14(10-12)17(20)13-6-4-5-7-15(13)22-16/h4-11H,1-3H3. The topological polar surface area (TPSA) is 37.4 Å². The molecule has 0 radical (unpaired) electrons. The van der Waals surface area contributed by atoms with E-state index in [1.807, 2.05) is 44.2 Å². The molecular weight excluding hydrogens is 294 g/mol. The van der Waals surface area contributed by atoms with E-state index in [4.69, 9.17) is 0 Å². The fraction of sp³-hybridized carbons (Fsp3) is 0.222. The second-order valence-electron chi connectivity index (χ2n) is 5.65. The van der Waals surface area contributed by atoms with Crippen LogP contribution in [-0.4, -0.2) is 23.9 Å². The van der Waals surface area contributed by atoms with Gasteiger partial charge in [0.25, 0.3) is 5.91 Å². The molecule has 3 rings (SSSR count). The Morgan fingerprint density at radius 2 is 1.73 bits per heavy atom. The van der Waals surface area contributed by atoms with Crippen molar-refractivity contribution in [3.05, 3.63) is 58.3 Å². The van der Waals surface area contributed by atoms with Crippen molar-refractivity contribution >= 4 is 37.4 Å². The maximum atomic E-state index is 12.6. The maximum absolute atomic E-state index is 12.6. The van der Waals surface area contributed by atoms with Crippen molar-refractivity contribution < 1.29 is 4.79 Å². The average Bonchev–Trinajstić information content (AvgIpc) is 2.53. The largest absolute Gasteiger partial charge is 0.339 e. The molecule has 4 heteroatoms. The zero-order valence-corrected chi connectivity index (χ0v) is 13.6. The van der Waals surface area contributed by atoms with Crippen molar-refractivity contribution in [2.75, 3.05) is 7.05 Å². The van der Waals surface area contributed by atoms with Crippen molar-refractivity contribution in [1.82, 2.24) is 4.90 Å². The van der Waals surface area contributed by atoms with Gasteiger partial charge in [-0.3, -0.25) is 9.59 Å². The number of rotatable bonds is 2. The Morgan fingerprint density at radius 3 is 2.45 bits per heavy atom. The minimum absolute atomic E-state index is 0.00815. The summed E-state index contributed by atoms with van der Waals surface area (Å²) < 4.78 is 1.88. The average molecular weight is 311 g/mol. The number of carbonyl (C=O) groups is 1. The summed E-state index contributed by atoms with van der Waals surface area (Å²) in [6.45, 7) is 3.93. The Bertz CT molecular complexity index is 927. The van der Waals surface area contributed by atoms with Crippen LogP contribution in [0.2, 0.25) is 0 Å². The van der Waals surface area contributed by atoms with Crippen molar-refractivity contribution in [2.45, 2.75) is 19.9 Å². The van der Waals surface area contributed by atoms with Crippen molar-refractivity contribution in [3.63, 3.8) is 0 Å². The van der Waals surface area contributed by atoms with Gasteiger partial charge in [0.05, 0.1) is 0 Å². The zero-order valence-electron chi connectivity index (χ0n) is 12.8. The van der Waals surface area contributed by atoms with E-state index in [1.54, 1.807) is 35.4 Å². The van der Waals surface area contributed by atoms with Gasteiger partial charge in [-0.15, -0.1) is 11.3 Å². The van der Waals surface area contributed by atoms with Gasteiger partial charge in [0, 0.05) is 38.8 Å². The molecule has 1 heterocycles. The van der Waals surface area contributed by atoms with Gasteiger partial charge >= 0.3 is 0 Å². The monoisotopic (exact) mass is 311 g/mol. The molecule has 0 atom stereocenters. The zero-order chi connectivity index (χ0) is 15.9. The lowest BCUT2D eigenvalue weighted by Crippen LogP contribution is -2.32. The first-order valence-electron chi connectivity index (χ1n) is 7.22. The minimum atomic E-state index is -0.0607. The predicted octanol–water partition coefficient (Wildman–Crippen LogP) is 3.90. The molecule has 0 unspecified atom stereocenters. The molecule has 0 spiro atoms. The molecule has 0 aliphatic heterocycles. The van der Waals surface area contributed by atoms with Crippen LogP contribution in [0.4, 0.5) is 0 Å². The van der Waals surface area contributed by atoms with Crippen LogP contribution in [0.25, 0.3) is 20.2 Å². The first-order valence-corrected chi connectivity index (χ1v) is 8.03. The number of hydrogen-bond donors (Lipinski definition) is 0. The van der Waals surface area contributed by atoms with E-state index in [-0.39, 0.29) is 17.4 Å². The third-order valence-corrected chi connectivity index (χ3v) is 5.07. The van der Waals surface area contributed by atoms with Crippen LogP contribution in [-0.2, 0) is 0 Å². The molecule has 0 N–H and O–H groups in total. The quantitative estimate of drug-likeness (QED) is 0.673. The smallest absolute Gasteiger partial charge is 0.253 e. The van der Waals surface area contributed by atoms with Crippen molar-refractivity contribution in [2.24, 2.45) is 0 Å². The van der Waals surface area contributed by atoms with Gasteiger partial charge in [0.2, 0.25) is 0 Å². The Kier molecular flexibility index (Phi) is 3.71. The number of hydrogen-bond acceptors (Lipinski definition) is 3. The van der Waals surface area contributed by atoms with Crippen LogP contribution in [0, 0.1) is 0 Å². The van der Waals surface area contributed by atoms with Crippen molar-refractivity contribution in [3.8, 4) is 0 Å². The Hall–Kier alpha value is -2.20. The SMILES string of the molecule is CC(C)N(C)C(=O)c1ccc2sc3ccccc3c(=O)c2c1. The molecule has 0 aliphatic rings. The molecule has 0 aliphatic carbocycles. The van der Waals surface area contributed by atoms with Gasteiger partial charge in [-0.25, -0.2) is 0 Å². The summed E-state index contributed by atoms with van der Waals surface area (Å²) in [7, 11) is 1.78. The molecule has 0 saturated heterocycles. The Balaban J connectivity index is 2.22. The van der Waals surface area contributed by atoms with Gasteiger partial charge in [-0.1, -0.05) is 12.1 Å². The van der Waals surface area contributed by atoms with E-state index in [2.05, 4.69) is 0 Å². The van der Waals surface area contributed by atoms with Crippen LogP contribution < -0.4 is 5.43 Å². The fourth-order valence-corrected chi connectivity index (χ4v) is 3.43. The van der Waals surface area contributed by atoms with Crippen LogP contribution in [0.3, 0.4) is 0 Å². The lowest BCUT2D eigenvalue weighted by molar-refractivity contribution is 0.0755. The number of fused-ring (bicyclic) bond motifs is 2. The van der Waals surface area contributed by atoms with E-state index in [0.29, 0.717) is 16.3 Å². The lowest BCUT2D eigenvalue weighted by atomic mass is 10.1. The first-order chi connectivity index (χ1) is 10.5. The molecule has 2 aromatic carbocycles. The maximum Gasteiger partial charge on any atom is 0.253 e. The lowest BCUT2D eigenvalue weighted by Gasteiger charge is -2.21. The second kappa shape index (κ2) is 5.54. The number of carbonyl (C=O) groups excluding carboxylic acids is 1. The summed E-state index contributed by atoms with van der Waals surface area (Å²) in [6, 6.07) is 13.1. The van der Waals surface area contributed by atoms with Gasteiger partial charge in [0.15, 0.2) is 5.43 Å². The summed E-state index contributed by atoms with van der Waals surface area (Å²) in [4.78, 5) is 26.8. The highest BCUT2D eigenvalue weighted by molar-refractivity contribution is 7.24. The Morgan fingerprint density at radius 1 is 1.05 bits per heavy atom. The third-order valence-electron chi connectivity index (χ3n) is 3.92. The molecule has 3 nitrogen and oxygen atoms in total. The molecule has 3 aromatic rings. The van der Waals surface area contributed by atoms with E-state index in [9.17, 15) is 9.59 Å². The van der Waals surface area contributed by atoms with Crippen LogP contribution in [0.1, 0.15) is 24.2 Å². The number of nitrogens with zero attached hydrogens (tertiary/aromatic N) is 1. The summed E-state index contributed by atoms with van der Waals surface area (Å²) >= 11 is 1.58. The third kappa shape index (κ3) is 2.40. The van der Waals surface area contributed by atoms with E-state index in [0.717, 1.165) is 9.40 Å².